The molecule has 1 saturated heterocycles. The van der Waals surface area contributed by atoms with Gasteiger partial charge in [0.25, 0.3) is 5.91 Å². The van der Waals surface area contributed by atoms with Crippen molar-refractivity contribution in [1.29, 1.82) is 0 Å². The van der Waals surface area contributed by atoms with Crippen LogP contribution in [-0.2, 0) is 0 Å². The molecule has 2 aromatic rings. The number of carbonyl (C=O) groups is 1. The number of amides is 1. The molecule has 4 heteroatoms. The molecule has 0 spiro atoms. The molecular formula is C16H18N2O2. The van der Waals surface area contributed by atoms with Crippen LogP contribution in [0.5, 0.6) is 0 Å². The van der Waals surface area contributed by atoms with Crippen LogP contribution in [0.3, 0.4) is 0 Å². The number of β-amino-alcohol motifs (C(OH)–C–C–N with tert-alkyl or cyclic N) is 1. The summed E-state index contributed by atoms with van der Waals surface area (Å²) in [6.07, 6.45) is 4.25. The molecule has 4 nitrogen and oxygen atoms in total. The van der Waals surface area contributed by atoms with Crippen LogP contribution in [0.25, 0.3) is 11.1 Å². The zero-order valence-corrected chi connectivity index (χ0v) is 11.5. The van der Waals surface area contributed by atoms with E-state index >= 15 is 0 Å². The average molecular weight is 270 g/mol. The fraction of sp³-hybridized carbons (Fsp3) is 0.312. The number of aliphatic hydroxyl groups is 1. The van der Waals surface area contributed by atoms with Gasteiger partial charge in [-0.15, -0.1) is 0 Å². The molecule has 1 aliphatic heterocycles. The second-order valence-corrected chi connectivity index (χ2v) is 5.39. The van der Waals surface area contributed by atoms with Crippen molar-refractivity contribution in [1.82, 2.24) is 9.88 Å². The summed E-state index contributed by atoms with van der Waals surface area (Å²) in [7, 11) is 0. The Labute approximate surface area is 118 Å². The van der Waals surface area contributed by atoms with E-state index in [2.05, 4.69) is 4.98 Å². The molecular weight excluding hydrogens is 252 g/mol. The molecule has 1 aliphatic rings. The molecule has 104 valence electrons. The first kappa shape index (κ1) is 12.9. The van der Waals surface area contributed by atoms with Crippen LogP contribution >= 0.6 is 0 Å². The number of carbonyl (C=O) groups excluding carboxylic acids is 1. The highest BCUT2D eigenvalue weighted by Gasteiger charge is 2.42. The van der Waals surface area contributed by atoms with Crippen LogP contribution in [0, 0.1) is 0 Å². The highest BCUT2D eigenvalue weighted by atomic mass is 16.3. The Hall–Kier alpha value is -2.07. The fourth-order valence-electron chi connectivity index (χ4n) is 2.60. The van der Waals surface area contributed by atoms with Gasteiger partial charge in [0, 0.05) is 18.0 Å². The van der Waals surface area contributed by atoms with E-state index in [4.69, 9.17) is 0 Å². The first-order valence-electron chi connectivity index (χ1n) is 6.87. The molecule has 3 rings (SSSR count). The molecule has 0 atom stereocenters. The van der Waals surface area contributed by atoms with Crippen LogP contribution in [0.15, 0.2) is 42.7 Å². The lowest BCUT2D eigenvalue weighted by Gasteiger charge is -2.46. The smallest absolute Gasteiger partial charge is 0.256 e. The van der Waals surface area contributed by atoms with Crippen LogP contribution < -0.4 is 0 Å². The van der Waals surface area contributed by atoms with Gasteiger partial charge in [-0.3, -0.25) is 4.79 Å². The van der Waals surface area contributed by atoms with Gasteiger partial charge in [0.05, 0.1) is 24.3 Å². The third-order valence-corrected chi connectivity index (χ3v) is 3.98. The maximum absolute atomic E-state index is 12.5. The topological polar surface area (TPSA) is 56.3 Å². The van der Waals surface area contributed by atoms with Crippen LogP contribution in [-0.4, -0.2) is 39.6 Å². The molecule has 0 bridgehead atoms. The van der Waals surface area contributed by atoms with E-state index in [-0.39, 0.29) is 5.91 Å². The van der Waals surface area contributed by atoms with E-state index in [0.29, 0.717) is 25.1 Å². The summed E-state index contributed by atoms with van der Waals surface area (Å²) < 4.78 is 0. The van der Waals surface area contributed by atoms with Crippen LogP contribution in [0.1, 0.15) is 23.7 Å². The lowest BCUT2D eigenvalue weighted by molar-refractivity contribution is -0.0826. The minimum absolute atomic E-state index is 0.0248. The minimum atomic E-state index is -0.696. The van der Waals surface area contributed by atoms with Gasteiger partial charge in [0.1, 0.15) is 0 Å². The number of likely N-dealkylation sites (tertiary alicyclic amines) is 1. The monoisotopic (exact) mass is 270 g/mol. The largest absolute Gasteiger partial charge is 0.386 e. The Morgan fingerprint density at radius 3 is 2.65 bits per heavy atom. The van der Waals surface area contributed by atoms with Crippen LogP contribution in [0.4, 0.5) is 0 Å². The second-order valence-electron chi connectivity index (χ2n) is 5.39. The summed E-state index contributed by atoms with van der Waals surface area (Å²) in [4.78, 5) is 17.2. The second kappa shape index (κ2) is 4.80. The Morgan fingerprint density at radius 1 is 1.30 bits per heavy atom. The number of aromatic amines is 1. The SMILES string of the molecule is CCC1(O)CN(C(=O)c2c[nH]cc2-c2ccccc2)C1. The lowest BCUT2D eigenvalue weighted by atomic mass is 9.90. The van der Waals surface area contributed by atoms with Crippen molar-refractivity contribution in [2.75, 3.05) is 13.1 Å². The Morgan fingerprint density at radius 2 is 2.00 bits per heavy atom. The molecule has 1 aromatic heterocycles. The standard InChI is InChI=1S/C16H18N2O2/c1-2-16(20)10-18(11-16)15(19)14-9-17-8-13(14)12-6-4-3-5-7-12/h3-9,17,20H,2,10-11H2,1H3. The third kappa shape index (κ3) is 2.12. The minimum Gasteiger partial charge on any atom is -0.386 e. The normalized spacial score (nSPS) is 16.8. The Bertz CT molecular complexity index is 612. The van der Waals surface area contributed by atoms with Crippen molar-refractivity contribution in [3.8, 4) is 11.1 Å². The number of hydrogen-bond acceptors (Lipinski definition) is 2. The predicted octanol–water partition coefficient (Wildman–Crippen LogP) is 2.28. The number of aromatic nitrogens is 1. The lowest BCUT2D eigenvalue weighted by Crippen LogP contribution is -2.63. The molecule has 1 amide bonds. The summed E-state index contributed by atoms with van der Waals surface area (Å²) in [6, 6.07) is 9.83. The van der Waals surface area contributed by atoms with Gasteiger partial charge in [0.15, 0.2) is 0 Å². The van der Waals surface area contributed by atoms with Crippen molar-refractivity contribution in [3.63, 3.8) is 0 Å². The molecule has 0 radical (unpaired) electrons. The molecule has 0 aliphatic carbocycles. The van der Waals surface area contributed by atoms with Gasteiger partial charge in [-0.05, 0) is 12.0 Å². The molecule has 0 saturated carbocycles. The van der Waals surface area contributed by atoms with E-state index in [9.17, 15) is 9.90 Å². The van der Waals surface area contributed by atoms with E-state index in [1.165, 1.54) is 0 Å². The summed E-state index contributed by atoms with van der Waals surface area (Å²) in [5.74, 6) is -0.0248. The molecule has 2 N–H and O–H groups in total. The Kier molecular flexibility index (Phi) is 3.10. The highest BCUT2D eigenvalue weighted by molar-refractivity contribution is 6.01. The van der Waals surface area contributed by atoms with Gasteiger partial charge >= 0.3 is 0 Å². The summed E-state index contributed by atoms with van der Waals surface area (Å²) in [6.45, 7) is 2.77. The Balaban J connectivity index is 1.83. The number of rotatable bonds is 3. The van der Waals surface area contributed by atoms with Crippen molar-refractivity contribution in [2.45, 2.75) is 18.9 Å². The summed E-state index contributed by atoms with van der Waals surface area (Å²) in [5, 5.41) is 10.0. The van der Waals surface area contributed by atoms with E-state index in [1.54, 1.807) is 11.1 Å². The number of nitrogens with one attached hydrogen (secondary N) is 1. The zero-order chi connectivity index (χ0) is 14.2. The molecule has 1 fully saturated rings. The first-order chi connectivity index (χ1) is 9.63. The number of benzene rings is 1. The quantitative estimate of drug-likeness (QED) is 0.899. The molecule has 1 aromatic carbocycles. The number of nitrogens with zero attached hydrogens (tertiary/aromatic N) is 1. The van der Waals surface area contributed by atoms with Gasteiger partial charge in [-0.1, -0.05) is 37.3 Å². The maximum atomic E-state index is 12.5. The number of hydrogen-bond donors (Lipinski definition) is 2. The first-order valence-corrected chi connectivity index (χ1v) is 6.87. The van der Waals surface area contributed by atoms with Crippen molar-refractivity contribution < 1.29 is 9.90 Å². The molecule has 0 unspecified atom stereocenters. The summed E-state index contributed by atoms with van der Waals surface area (Å²) in [5.41, 5.74) is 1.89. The van der Waals surface area contributed by atoms with Crippen molar-refractivity contribution >= 4 is 5.91 Å². The van der Waals surface area contributed by atoms with Crippen molar-refractivity contribution in [2.24, 2.45) is 0 Å². The van der Waals surface area contributed by atoms with Gasteiger partial charge in [-0.2, -0.15) is 0 Å². The zero-order valence-electron chi connectivity index (χ0n) is 11.5. The van der Waals surface area contributed by atoms with Gasteiger partial charge < -0.3 is 15.0 Å². The van der Waals surface area contributed by atoms with Crippen LogP contribution in [0.2, 0.25) is 0 Å². The highest BCUT2D eigenvalue weighted by Crippen LogP contribution is 2.29. The third-order valence-electron chi connectivity index (χ3n) is 3.98. The fourth-order valence-corrected chi connectivity index (χ4v) is 2.60. The van der Waals surface area contributed by atoms with Gasteiger partial charge in [0.2, 0.25) is 0 Å². The predicted molar refractivity (Wildman–Crippen MR) is 77.4 cm³/mol. The average Bonchev–Trinajstić information content (AvgIpc) is 2.93. The van der Waals surface area contributed by atoms with E-state index < -0.39 is 5.60 Å². The van der Waals surface area contributed by atoms with Gasteiger partial charge in [-0.25, -0.2) is 0 Å². The van der Waals surface area contributed by atoms with Crippen molar-refractivity contribution in [3.05, 3.63) is 48.3 Å². The maximum Gasteiger partial charge on any atom is 0.256 e. The summed E-state index contributed by atoms with van der Waals surface area (Å²) >= 11 is 0. The number of H-pyrrole nitrogens is 1. The van der Waals surface area contributed by atoms with E-state index in [1.807, 2.05) is 43.5 Å². The van der Waals surface area contributed by atoms with E-state index in [0.717, 1.165) is 11.1 Å². The molecule has 20 heavy (non-hydrogen) atoms. The molecule has 2 heterocycles.